The van der Waals surface area contributed by atoms with E-state index in [9.17, 15) is 24.3 Å². The van der Waals surface area contributed by atoms with Gasteiger partial charge in [0, 0.05) is 38.8 Å². The van der Waals surface area contributed by atoms with Crippen LogP contribution in [0.15, 0.2) is 24.3 Å². The van der Waals surface area contributed by atoms with Crippen molar-refractivity contribution in [3.63, 3.8) is 0 Å². The van der Waals surface area contributed by atoms with Crippen molar-refractivity contribution >= 4 is 29.4 Å². The summed E-state index contributed by atoms with van der Waals surface area (Å²) < 4.78 is 0. The molecule has 4 N–H and O–H groups in total. The standard InChI is InChI=1S/C23H35N5O5/c1-14(2)20(26-21(30)15(3)24-5)22(31)28-11-10-27(13-19(28)23(32)33)12-17-6-8-18(9-7-17)25-16(4)29/h6-9,14-15,19-20,24H,10-13H2,1-5H3,(H,25,29)(H,26,30)(H,32,33). The minimum absolute atomic E-state index is 0.149. The summed E-state index contributed by atoms with van der Waals surface area (Å²) in [5.74, 6) is -2.11. The summed E-state index contributed by atoms with van der Waals surface area (Å²) in [4.78, 5) is 52.2. The summed E-state index contributed by atoms with van der Waals surface area (Å²) in [6, 6.07) is 5.08. The Morgan fingerprint density at radius 1 is 1.09 bits per heavy atom. The Morgan fingerprint density at radius 2 is 1.73 bits per heavy atom. The van der Waals surface area contributed by atoms with Gasteiger partial charge in [0.15, 0.2) is 0 Å². The highest BCUT2D eigenvalue weighted by Gasteiger charge is 2.39. The summed E-state index contributed by atoms with van der Waals surface area (Å²) in [6.45, 7) is 8.24. The molecule has 0 radical (unpaired) electrons. The monoisotopic (exact) mass is 461 g/mol. The first-order valence-corrected chi connectivity index (χ1v) is 11.1. The fourth-order valence-electron chi connectivity index (χ4n) is 3.71. The van der Waals surface area contributed by atoms with Gasteiger partial charge >= 0.3 is 5.97 Å². The third-order valence-corrected chi connectivity index (χ3v) is 5.77. The quantitative estimate of drug-likeness (QED) is 0.421. The predicted octanol–water partition coefficient (Wildman–Crippen LogP) is 0.491. The number of carbonyl (C=O) groups is 4. The molecule has 1 aromatic carbocycles. The second kappa shape index (κ2) is 11.8. The van der Waals surface area contributed by atoms with Crippen molar-refractivity contribution in [1.82, 2.24) is 20.4 Å². The second-order valence-corrected chi connectivity index (χ2v) is 8.74. The molecule has 1 saturated heterocycles. The van der Waals surface area contributed by atoms with Crippen molar-refractivity contribution in [2.45, 2.75) is 52.4 Å². The minimum Gasteiger partial charge on any atom is -0.480 e. The maximum atomic E-state index is 13.3. The Hall–Kier alpha value is -2.98. The van der Waals surface area contributed by atoms with Crippen LogP contribution in [0.2, 0.25) is 0 Å². The van der Waals surface area contributed by atoms with Gasteiger partial charge in [0.05, 0.1) is 6.04 Å². The van der Waals surface area contributed by atoms with Crippen LogP contribution in [-0.4, -0.2) is 83.4 Å². The van der Waals surface area contributed by atoms with Crippen molar-refractivity contribution in [3.8, 4) is 0 Å². The van der Waals surface area contributed by atoms with Gasteiger partial charge in [-0.15, -0.1) is 0 Å². The molecule has 10 heteroatoms. The summed E-state index contributed by atoms with van der Waals surface area (Å²) in [6.07, 6.45) is 0. The van der Waals surface area contributed by atoms with Crippen molar-refractivity contribution in [2.75, 3.05) is 32.0 Å². The lowest BCUT2D eigenvalue weighted by Crippen LogP contribution is -2.63. The lowest BCUT2D eigenvalue weighted by atomic mass is 10.00. The van der Waals surface area contributed by atoms with Crippen molar-refractivity contribution < 1.29 is 24.3 Å². The number of carbonyl (C=O) groups excluding carboxylic acids is 3. The van der Waals surface area contributed by atoms with Gasteiger partial charge in [-0.05, 0) is 37.6 Å². The molecule has 0 bridgehead atoms. The predicted molar refractivity (Wildman–Crippen MR) is 124 cm³/mol. The fourth-order valence-corrected chi connectivity index (χ4v) is 3.71. The summed E-state index contributed by atoms with van der Waals surface area (Å²) in [7, 11) is 1.66. The number of nitrogens with zero attached hydrogens (tertiary/aromatic N) is 2. The lowest BCUT2D eigenvalue weighted by Gasteiger charge is -2.41. The number of anilines is 1. The van der Waals surface area contributed by atoms with E-state index < -0.39 is 24.1 Å². The average molecular weight is 462 g/mol. The second-order valence-electron chi connectivity index (χ2n) is 8.74. The van der Waals surface area contributed by atoms with Gasteiger partial charge in [-0.25, -0.2) is 4.79 Å². The third kappa shape index (κ3) is 7.26. The number of piperazine rings is 1. The SMILES string of the molecule is CNC(C)C(=O)NC(C(=O)N1CCN(Cc2ccc(NC(C)=O)cc2)CC1C(=O)O)C(C)C. The zero-order valence-electron chi connectivity index (χ0n) is 19.9. The maximum absolute atomic E-state index is 13.3. The Kier molecular flexibility index (Phi) is 9.36. The van der Waals surface area contributed by atoms with Crippen molar-refractivity contribution in [3.05, 3.63) is 29.8 Å². The number of aliphatic carboxylic acids is 1. The largest absolute Gasteiger partial charge is 0.480 e. The van der Waals surface area contributed by atoms with Gasteiger partial charge in [-0.3, -0.25) is 19.3 Å². The topological polar surface area (TPSA) is 131 Å². The first-order chi connectivity index (χ1) is 15.5. The highest BCUT2D eigenvalue weighted by Crippen LogP contribution is 2.18. The summed E-state index contributed by atoms with van der Waals surface area (Å²) in [5, 5.41) is 18.1. The molecule has 1 fully saturated rings. The lowest BCUT2D eigenvalue weighted by molar-refractivity contribution is -0.155. The van der Waals surface area contributed by atoms with E-state index >= 15 is 0 Å². The summed E-state index contributed by atoms with van der Waals surface area (Å²) in [5.41, 5.74) is 1.67. The van der Waals surface area contributed by atoms with E-state index in [-0.39, 0.29) is 36.7 Å². The zero-order chi connectivity index (χ0) is 24.7. The molecule has 0 aromatic heterocycles. The average Bonchev–Trinajstić information content (AvgIpc) is 2.76. The van der Waals surface area contributed by atoms with Crippen LogP contribution >= 0.6 is 0 Å². The Morgan fingerprint density at radius 3 is 2.24 bits per heavy atom. The highest BCUT2D eigenvalue weighted by molar-refractivity contribution is 5.92. The van der Waals surface area contributed by atoms with Crippen LogP contribution in [0.3, 0.4) is 0 Å². The molecular formula is C23H35N5O5. The number of benzene rings is 1. The molecule has 0 saturated carbocycles. The molecule has 0 aliphatic carbocycles. The smallest absolute Gasteiger partial charge is 0.327 e. The van der Waals surface area contributed by atoms with Crippen LogP contribution in [-0.2, 0) is 25.7 Å². The first kappa shape index (κ1) is 26.3. The summed E-state index contributed by atoms with van der Waals surface area (Å²) >= 11 is 0. The highest BCUT2D eigenvalue weighted by atomic mass is 16.4. The zero-order valence-corrected chi connectivity index (χ0v) is 19.9. The third-order valence-electron chi connectivity index (χ3n) is 5.77. The number of hydrogen-bond acceptors (Lipinski definition) is 6. The number of likely N-dealkylation sites (N-methyl/N-ethyl adjacent to an activating group) is 1. The van der Waals surface area contributed by atoms with Gasteiger partial charge in [0.2, 0.25) is 17.7 Å². The number of rotatable bonds is 9. The van der Waals surface area contributed by atoms with E-state index in [4.69, 9.17) is 0 Å². The Bertz CT molecular complexity index is 857. The maximum Gasteiger partial charge on any atom is 0.327 e. The Balaban J connectivity index is 2.08. The number of nitrogens with one attached hydrogen (secondary N) is 3. The van der Waals surface area contributed by atoms with E-state index in [0.29, 0.717) is 18.8 Å². The number of amides is 3. The van der Waals surface area contributed by atoms with E-state index in [1.54, 1.807) is 26.1 Å². The van der Waals surface area contributed by atoms with Crippen LogP contribution in [0.1, 0.15) is 33.3 Å². The molecule has 0 spiro atoms. The molecule has 3 amide bonds. The van der Waals surface area contributed by atoms with Gasteiger partial charge in [0.25, 0.3) is 0 Å². The van der Waals surface area contributed by atoms with E-state index in [1.807, 2.05) is 30.9 Å². The van der Waals surface area contributed by atoms with Gasteiger partial charge in [0.1, 0.15) is 12.1 Å². The first-order valence-electron chi connectivity index (χ1n) is 11.1. The van der Waals surface area contributed by atoms with Crippen LogP contribution in [0.25, 0.3) is 0 Å². The minimum atomic E-state index is -1.08. The molecule has 1 heterocycles. The van der Waals surface area contributed by atoms with Crippen molar-refractivity contribution in [1.29, 1.82) is 0 Å². The van der Waals surface area contributed by atoms with E-state index in [1.165, 1.54) is 11.8 Å². The number of carboxylic acids is 1. The van der Waals surface area contributed by atoms with E-state index in [0.717, 1.165) is 5.56 Å². The molecule has 3 unspecified atom stereocenters. The molecular weight excluding hydrogens is 426 g/mol. The van der Waals surface area contributed by atoms with Crippen LogP contribution in [0.5, 0.6) is 0 Å². The van der Waals surface area contributed by atoms with Gasteiger partial charge in [-0.2, -0.15) is 0 Å². The molecule has 33 heavy (non-hydrogen) atoms. The molecule has 182 valence electrons. The van der Waals surface area contributed by atoms with Crippen LogP contribution in [0, 0.1) is 5.92 Å². The number of carboxylic acid groups (broad SMARTS) is 1. The van der Waals surface area contributed by atoms with Crippen LogP contribution in [0.4, 0.5) is 5.69 Å². The van der Waals surface area contributed by atoms with E-state index in [2.05, 4.69) is 16.0 Å². The van der Waals surface area contributed by atoms with Gasteiger partial charge in [-0.1, -0.05) is 26.0 Å². The Labute approximate surface area is 194 Å². The fraction of sp³-hybridized carbons (Fsp3) is 0.565. The molecule has 3 atom stereocenters. The molecule has 10 nitrogen and oxygen atoms in total. The number of hydrogen-bond donors (Lipinski definition) is 4. The normalized spacial score (nSPS) is 18.5. The molecule has 1 aliphatic rings. The molecule has 1 aliphatic heterocycles. The van der Waals surface area contributed by atoms with Gasteiger partial charge < -0.3 is 26.0 Å². The molecule has 1 aromatic rings. The van der Waals surface area contributed by atoms with Crippen LogP contribution < -0.4 is 16.0 Å². The molecule has 2 rings (SSSR count). The van der Waals surface area contributed by atoms with Crippen molar-refractivity contribution in [2.24, 2.45) is 5.92 Å².